The highest BCUT2D eigenvalue weighted by Crippen LogP contribution is 2.59. The van der Waals surface area contributed by atoms with E-state index in [-0.39, 0.29) is 24.5 Å². The summed E-state index contributed by atoms with van der Waals surface area (Å²) in [5.41, 5.74) is 1.59. The van der Waals surface area contributed by atoms with Crippen LogP contribution in [0.2, 0.25) is 0 Å². The Morgan fingerprint density at radius 2 is 1.94 bits per heavy atom. The van der Waals surface area contributed by atoms with Crippen molar-refractivity contribution in [1.29, 1.82) is 0 Å². The Morgan fingerprint density at radius 3 is 2.53 bits per heavy atom. The summed E-state index contributed by atoms with van der Waals surface area (Å²) < 4.78 is 0. The lowest BCUT2D eigenvalue weighted by Gasteiger charge is -2.56. The molecular formula is C15H26O2. The van der Waals surface area contributed by atoms with Gasteiger partial charge in [0.25, 0.3) is 0 Å². The van der Waals surface area contributed by atoms with Gasteiger partial charge in [-0.15, -0.1) is 0 Å². The second kappa shape index (κ2) is 4.40. The van der Waals surface area contributed by atoms with E-state index in [0.717, 1.165) is 12.0 Å². The number of fused-ring (bicyclic) bond motifs is 1. The van der Waals surface area contributed by atoms with Crippen LogP contribution in [0.1, 0.15) is 46.5 Å². The average molecular weight is 238 g/mol. The molecule has 17 heavy (non-hydrogen) atoms. The van der Waals surface area contributed by atoms with Gasteiger partial charge < -0.3 is 10.2 Å². The normalized spacial score (nSPS) is 40.6. The Kier molecular flexibility index (Phi) is 3.39. The highest BCUT2D eigenvalue weighted by atomic mass is 16.3. The molecule has 0 heterocycles. The van der Waals surface area contributed by atoms with E-state index in [1.165, 1.54) is 19.3 Å². The van der Waals surface area contributed by atoms with Crippen LogP contribution < -0.4 is 0 Å². The van der Waals surface area contributed by atoms with E-state index < -0.39 is 0 Å². The van der Waals surface area contributed by atoms with Gasteiger partial charge in [-0.05, 0) is 41.6 Å². The number of aliphatic hydroxyl groups is 2. The first-order valence-electron chi connectivity index (χ1n) is 6.86. The standard InChI is InChI=1S/C15H26O2/c1-14(2)7-4-8-15(3)12(10-17)11(9-16)5-6-13(14)15/h5,12-13,16-17H,4,6-10H2,1-3H3/t12-,13-,15-/m1/s1. The van der Waals surface area contributed by atoms with Gasteiger partial charge in [-0.1, -0.05) is 33.3 Å². The fourth-order valence-corrected chi connectivity index (χ4v) is 4.51. The SMILES string of the molecule is CC1(C)CCC[C@]2(C)[C@H](CO)C(CO)=CC[C@H]12. The number of aliphatic hydroxyl groups excluding tert-OH is 2. The van der Waals surface area contributed by atoms with E-state index in [0.29, 0.717) is 11.3 Å². The maximum absolute atomic E-state index is 9.71. The summed E-state index contributed by atoms with van der Waals surface area (Å²) in [7, 11) is 0. The Labute approximate surface area is 105 Å². The Bertz CT molecular complexity index is 319. The molecule has 1 saturated carbocycles. The van der Waals surface area contributed by atoms with Crippen molar-refractivity contribution in [1.82, 2.24) is 0 Å². The van der Waals surface area contributed by atoms with Gasteiger partial charge in [-0.3, -0.25) is 0 Å². The number of hydrogen-bond donors (Lipinski definition) is 2. The van der Waals surface area contributed by atoms with Crippen molar-refractivity contribution < 1.29 is 10.2 Å². The molecule has 2 rings (SSSR count). The Morgan fingerprint density at radius 1 is 1.24 bits per heavy atom. The third kappa shape index (κ3) is 1.96. The highest BCUT2D eigenvalue weighted by Gasteiger charge is 2.51. The molecule has 0 unspecified atom stereocenters. The van der Waals surface area contributed by atoms with Crippen molar-refractivity contribution >= 4 is 0 Å². The van der Waals surface area contributed by atoms with Crippen LogP contribution in [0.15, 0.2) is 11.6 Å². The monoisotopic (exact) mass is 238 g/mol. The van der Waals surface area contributed by atoms with Gasteiger partial charge in [0.1, 0.15) is 0 Å². The molecule has 1 fully saturated rings. The van der Waals surface area contributed by atoms with E-state index in [4.69, 9.17) is 0 Å². The van der Waals surface area contributed by atoms with Gasteiger partial charge in [0, 0.05) is 5.92 Å². The van der Waals surface area contributed by atoms with Crippen LogP contribution in [0.3, 0.4) is 0 Å². The lowest BCUT2D eigenvalue weighted by molar-refractivity contribution is -0.0539. The summed E-state index contributed by atoms with van der Waals surface area (Å²) in [6.45, 7) is 7.33. The molecule has 2 heteroatoms. The smallest absolute Gasteiger partial charge is 0.0645 e. The molecule has 2 aliphatic rings. The number of rotatable bonds is 2. The second-order valence-electron chi connectivity index (χ2n) is 6.81. The van der Waals surface area contributed by atoms with Gasteiger partial charge in [0.2, 0.25) is 0 Å². The van der Waals surface area contributed by atoms with Crippen LogP contribution in [0.25, 0.3) is 0 Å². The zero-order valence-corrected chi connectivity index (χ0v) is 11.4. The Balaban J connectivity index is 2.38. The molecule has 0 amide bonds. The van der Waals surface area contributed by atoms with Crippen LogP contribution in [0, 0.1) is 22.7 Å². The van der Waals surface area contributed by atoms with Gasteiger partial charge in [0.05, 0.1) is 13.2 Å². The molecule has 2 aliphatic carbocycles. The molecule has 3 atom stereocenters. The van der Waals surface area contributed by atoms with E-state index in [1.54, 1.807) is 0 Å². The van der Waals surface area contributed by atoms with Crippen molar-refractivity contribution in [2.45, 2.75) is 46.5 Å². The third-order valence-electron chi connectivity index (χ3n) is 5.50. The quantitative estimate of drug-likeness (QED) is 0.726. The molecule has 98 valence electrons. The minimum absolute atomic E-state index is 0.105. The van der Waals surface area contributed by atoms with Crippen LogP contribution >= 0.6 is 0 Å². The topological polar surface area (TPSA) is 40.5 Å². The highest BCUT2D eigenvalue weighted by molar-refractivity contribution is 5.20. The molecule has 0 aromatic rings. The lowest BCUT2D eigenvalue weighted by atomic mass is 9.49. The summed E-state index contributed by atoms with van der Waals surface area (Å²) in [5.74, 6) is 0.794. The molecule has 0 aliphatic heterocycles. The summed E-state index contributed by atoms with van der Waals surface area (Å²) in [6, 6.07) is 0. The van der Waals surface area contributed by atoms with Crippen molar-refractivity contribution in [2.24, 2.45) is 22.7 Å². The molecule has 0 aromatic carbocycles. The third-order valence-corrected chi connectivity index (χ3v) is 5.50. The summed E-state index contributed by atoms with van der Waals surface area (Å²) in [4.78, 5) is 0. The average Bonchev–Trinajstić information content (AvgIpc) is 2.26. The van der Waals surface area contributed by atoms with Crippen LogP contribution in [-0.2, 0) is 0 Å². The van der Waals surface area contributed by atoms with E-state index in [9.17, 15) is 10.2 Å². The fraction of sp³-hybridized carbons (Fsp3) is 0.867. The van der Waals surface area contributed by atoms with Crippen molar-refractivity contribution in [3.05, 3.63) is 11.6 Å². The van der Waals surface area contributed by atoms with Crippen molar-refractivity contribution in [3.63, 3.8) is 0 Å². The van der Waals surface area contributed by atoms with E-state index in [2.05, 4.69) is 26.8 Å². The van der Waals surface area contributed by atoms with Crippen LogP contribution in [0.4, 0.5) is 0 Å². The molecule has 0 bridgehead atoms. The van der Waals surface area contributed by atoms with E-state index in [1.807, 2.05) is 0 Å². The minimum atomic E-state index is 0.105. The first-order chi connectivity index (χ1) is 7.95. The molecule has 0 saturated heterocycles. The number of hydrogen-bond acceptors (Lipinski definition) is 2. The van der Waals surface area contributed by atoms with Crippen LogP contribution in [-0.4, -0.2) is 23.4 Å². The zero-order valence-electron chi connectivity index (χ0n) is 11.4. The van der Waals surface area contributed by atoms with Gasteiger partial charge in [-0.2, -0.15) is 0 Å². The molecule has 2 N–H and O–H groups in total. The molecular weight excluding hydrogens is 212 g/mol. The summed E-state index contributed by atoms with van der Waals surface area (Å²) in [6.07, 6.45) is 6.96. The molecule has 2 nitrogen and oxygen atoms in total. The van der Waals surface area contributed by atoms with Gasteiger partial charge >= 0.3 is 0 Å². The lowest BCUT2D eigenvalue weighted by Crippen LogP contribution is -2.50. The van der Waals surface area contributed by atoms with Crippen molar-refractivity contribution in [3.8, 4) is 0 Å². The summed E-state index contributed by atoms with van der Waals surface area (Å²) >= 11 is 0. The first-order valence-corrected chi connectivity index (χ1v) is 6.86. The van der Waals surface area contributed by atoms with E-state index >= 15 is 0 Å². The first kappa shape index (κ1) is 13.1. The van der Waals surface area contributed by atoms with Gasteiger partial charge in [0.15, 0.2) is 0 Å². The second-order valence-corrected chi connectivity index (χ2v) is 6.81. The van der Waals surface area contributed by atoms with Crippen LogP contribution in [0.5, 0.6) is 0 Å². The fourth-order valence-electron chi connectivity index (χ4n) is 4.51. The zero-order chi connectivity index (χ0) is 12.7. The Hall–Kier alpha value is -0.340. The summed E-state index contributed by atoms with van der Waals surface area (Å²) in [5, 5.41) is 19.2. The van der Waals surface area contributed by atoms with Crippen molar-refractivity contribution in [2.75, 3.05) is 13.2 Å². The maximum atomic E-state index is 9.71. The predicted octanol–water partition coefficient (Wildman–Crippen LogP) is 2.75. The molecule has 0 radical (unpaired) electrons. The molecule has 0 aromatic heterocycles. The maximum Gasteiger partial charge on any atom is 0.0645 e. The predicted molar refractivity (Wildman–Crippen MR) is 69.6 cm³/mol. The van der Waals surface area contributed by atoms with Gasteiger partial charge in [-0.25, -0.2) is 0 Å². The minimum Gasteiger partial charge on any atom is -0.396 e. The largest absolute Gasteiger partial charge is 0.396 e. The molecule has 0 spiro atoms. The number of allylic oxidation sites excluding steroid dienone is 1.